The van der Waals surface area contributed by atoms with Gasteiger partial charge in [0.25, 0.3) is 0 Å². The van der Waals surface area contributed by atoms with E-state index in [-0.39, 0.29) is 5.97 Å². The Morgan fingerprint density at radius 3 is 2.74 bits per heavy atom. The smallest absolute Gasteiger partial charge is 0.310 e. The Balaban J connectivity index is 2.45. The van der Waals surface area contributed by atoms with Crippen LogP contribution in [0.15, 0.2) is 18.2 Å². The summed E-state index contributed by atoms with van der Waals surface area (Å²) < 4.78 is 10.3. The highest BCUT2D eigenvalue weighted by Gasteiger charge is 2.15. The van der Waals surface area contributed by atoms with Crippen LogP contribution < -0.4 is 4.74 Å². The van der Waals surface area contributed by atoms with Gasteiger partial charge in [-0.15, -0.1) is 0 Å². The predicted octanol–water partition coefficient (Wildman–Crippen LogP) is 2.84. The molecule has 1 aromatic carbocycles. The molecule has 1 heterocycles. The third-order valence-electron chi connectivity index (χ3n) is 3.18. The zero-order chi connectivity index (χ0) is 13.8. The van der Waals surface area contributed by atoms with E-state index >= 15 is 0 Å². The first-order valence-corrected chi connectivity index (χ1v) is 6.52. The maximum atomic E-state index is 11.7. The van der Waals surface area contributed by atoms with Crippen molar-refractivity contribution < 1.29 is 14.3 Å². The highest BCUT2D eigenvalue weighted by molar-refractivity contribution is 5.89. The molecule has 0 atom stereocenters. The van der Waals surface area contributed by atoms with Crippen LogP contribution in [-0.4, -0.2) is 24.7 Å². The van der Waals surface area contributed by atoms with Gasteiger partial charge < -0.3 is 14.5 Å². The number of hydrogen-bond acceptors (Lipinski definition) is 3. The van der Waals surface area contributed by atoms with Crippen LogP contribution in [-0.2, 0) is 22.4 Å². The third-order valence-corrected chi connectivity index (χ3v) is 3.18. The van der Waals surface area contributed by atoms with Gasteiger partial charge in [0.2, 0.25) is 0 Å². The molecule has 19 heavy (non-hydrogen) atoms. The van der Waals surface area contributed by atoms with Gasteiger partial charge in [-0.2, -0.15) is 0 Å². The largest absolute Gasteiger partial charge is 0.497 e. The van der Waals surface area contributed by atoms with E-state index in [1.165, 1.54) is 0 Å². The Hall–Kier alpha value is -1.97. The molecule has 0 bridgehead atoms. The molecule has 0 fully saturated rings. The van der Waals surface area contributed by atoms with E-state index in [1.807, 2.05) is 25.1 Å². The summed E-state index contributed by atoms with van der Waals surface area (Å²) in [7, 11) is 1.64. The van der Waals surface area contributed by atoms with Crippen molar-refractivity contribution in [3.8, 4) is 5.75 Å². The minimum Gasteiger partial charge on any atom is -0.497 e. The summed E-state index contributed by atoms with van der Waals surface area (Å²) in [5.41, 5.74) is 3.11. The van der Waals surface area contributed by atoms with Gasteiger partial charge >= 0.3 is 5.97 Å². The van der Waals surface area contributed by atoms with E-state index in [4.69, 9.17) is 9.47 Å². The lowest BCUT2D eigenvalue weighted by Crippen LogP contribution is -2.08. The molecule has 0 aliphatic carbocycles. The number of hydrogen-bond donors (Lipinski definition) is 1. The van der Waals surface area contributed by atoms with E-state index < -0.39 is 0 Å². The fourth-order valence-corrected chi connectivity index (χ4v) is 2.27. The van der Waals surface area contributed by atoms with Crippen LogP contribution in [0.4, 0.5) is 0 Å². The number of benzene rings is 1. The lowest BCUT2D eigenvalue weighted by Gasteiger charge is -2.04. The zero-order valence-corrected chi connectivity index (χ0v) is 11.6. The zero-order valence-electron chi connectivity index (χ0n) is 11.6. The average Bonchev–Trinajstić information content (AvgIpc) is 2.76. The fourth-order valence-electron chi connectivity index (χ4n) is 2.27. The Bertz CT molecular complexity index is 586. The molecule has 4 heteroatoms. The van der Waals surface area contributed by atoms with Crippen molar-refractivity contribution in [2.75, 3.05) is 13.7 Å². The molecular formula is C15H19NO3. The molecule has 102 valence electrons. The minimum absolute atomic E-state index is 0.194. The molecule has 4 nitrogen and oxygen atoms in total. The van der Waals surface area contributed by atoms with Gasteiger partial charge in [-0.3, -0.25) is 4.79 Å². The van der Waals surface area contributed by atoms with Crippen LogP contribution in [0, 0.1) is 0 Å². The lowest BCUT2D eigenvalue weighted by atomic mass is 10.1. The van der Waals surface area contributed by atoms with Gasteiger partial charge in [-0.05, 0) is 37.1 Å². The number of carbonyl (C=O) groups is 1. The quantitative estimate of drug-likeness (QED) is 0.842. The maximum absolute atomic E-state index is 11.7. The van der Waals surface area contributed by atoms with Crippen LogP contribution in [0.25, 0.3) is 10.9 Å². The first-order chi connectivity index (χ1) is 9.19. The summed E-state index contributed by atoms with van der Waals surface area (Å²) in [6.07, 6.45) is 1.15. The summed E-state index contributed by atoms with van der Waals surface area (Å²) in [5, 5.41) is 1.03. The average molecular weight is 261 g/mol. The molecule has 1 aromatic heterocycles. The highest BCUT2D eigenvalue weighted by atomic mass is 16.5. The van der Waals surface area contributed by atoms with Crippen LogP contribution in [0.3, 0.4) is 0 Å². The van der Waals surface area contributed by atoms with E-state index in [2.05, 4.69) is 11.9 Å². The van der Waals surface area contributed by atoms with Gasteiger partial charge in [0.05, 0.1) is 20.1 Å². The predicted molar refractivity (Wildman–Crippen MR) is 74.6 cm³/mol. The SMILES string of the molecule is CCOC(=O)Cc1c(CC)[nH]c2ccc(OC)cc12. The number of methoxy groups -OCH3 is 1. The Kier molecular flexibility index (Phi) is 4.10. The molecule has 0 amide bonds. The third kappa shape index (κ3) is 2.72. The monoisotopic (exact) mass is 261 g/mol. The van der Waals surface area contributed by atoms with Crippen LogP contribution >= 0.6 is 0 Å². The topological polar surface area (TPSA) is 51.3 Å². The fraction of sp³-hybridized carbons (Fsp3) is 0.400. The number of rotatable bonds is 5. The molecule has 0 saturated carbocycles. The van der Waals surface area contributed by atoms with Crippen molar-refractivity contribution in [2.24, 2.45) is 0 Å². The summed E-state index contributed by atoms with van der Waals surface area (Å²) in [6.45, 7) is 4.29. The number of fused-ring (bicyclic) bond motifs is 1. The van der Waals surface area contributed by atoms with Gasteiger partial charge in [0, 0.05) is 16.6 Å². The van der Waals surface area contributed by atoms with Gasteiger partial charge in [0.1, 0.15) is 5.75 Å². The molecule has 2 aromatic rings. The van der Waals surface area contributed by atoms with E-state index in [9.17, 15) is 4.79 Å². The number of aromatic nitrogens is 1. The Labute approximate surface area is 112 Å². The number of aryl methyl sites for hydroxylation is 1. The molecule has 0 saturated heterocycles. The first kappa shape index (κ1) is 13.5. The minimum atomic E-state index is -0.194. The second kappa shape index (κ2) is 5.78. The number of carbonyl (C=O) groups excluding carboxylic acids is 1. The lowest BCUT2D eigenvalue weighted by molar-refractivity contribution is -0.142. The highest BCUT2D eigenvalue weighted by Crippen LogP contribution is 2.27. The summed E-state index contributed by atoms with van der Waals surface area (Å²) in [5.74, 6) is 0.597. The summed E-state index contributed by atoms with van der Waals surface area (Å²) in [6, 6.07) is 5.84. The molecule has 0 unspecified atom stereocenters. The first-order valence-electron chi connectivity index (χ1n) is 6.52. The van der Waals surface area contributed by atoms with Gasteiger partial charge in [-0.1, -0.05) is 6.92 Å². The second-order valence-corrected chi connectivity index (χ2v) is 4.33. The van der Waals surface area contributed by atoms with Crippen molar-refractivity contribution in [3.05, 3.63) is 29.5 Å². The van der Waals surface area contributed by atoms with Gasteiger partial charge in [0.15, 0.2) is 0 Å². The molecular weight excluding hydrogens is 242 g/mol. The van der Waals surface area contributed by atoms with Crippen molar-refractivity contribution in [2.45, 2.75) is 26.7 Å². The molecule has 2 rings (SSSR count). The number of ether oxygens (including phenoxy) is 2. The van der Waals surface area contributed by atoms with E-state index in [0.29, 0.717) is 13.0 Å². The van der Waals surface area contributed by atoms with Crippen molar-refractivity contribution in [3.63, 3.8) is 0 Å². The van der Waals surface area contributed by atoms with Crippen LogP contribution in [0.1, 0.15) is 25.1 Å². The summed E-state index contributed by atoms with van der Waals surface area (Å²) in [4.78, 5) is 15.1. The van der Waals surface area contributed by atoms with Crippen molar-refractivity contribution in [1.82, 2.24) is 4.98 Å². The van der Waals surface area contributed by atoms with Crippen molar-refractivity contribution in [1.29, 1.82) is 0 Å². The molecule has 0 spiro atoms. The van der Waals surface area contributed by atoms with E-state index in [1.54, 1.807) is 7.11 Å². The van der Waals surface area contributed by atoms with E-state index in [0.717, 1.165) is 34.3 Å². The molecule has 0 aliphatic heterocycles. The normalized spacial score (nSPS) is 10.7. The molecule has 1 N–H and O–H groups in total. The van der Waals surface area contributed by atoms with Gasteiger partial charge in [-0.25, -0.2) is 0 Å². The Morgan fingerprint density at radius 2 is 2.11 bits per heavy atom. The van der Waals surface area contributed by atoms with Crippen LogP contribution in [0.5, 0.6) is 5.75 Å². The second-order valence-electron chi connectivity index (χ2n) is 4.33. The molecule has 0 radical (unpaired) electrons. The molecule has 0 aliphatic rings. The summed E-state index contributed by atoms with van der Waals surface area (Å²) >= 11 is 0. The number of H-pyrrole nitrogens is 1. The number of esters is 1. The Morgan fingerprint density at radius 1 is 1.32 bits per heavy atom. The van der Waals surface area contributed by atoms with Crippen molar-refractivity contribution >= 4 is 16.9 Å². The number of nitrogens with one attached hydrogen (secondary N) is 1. The number of aromatic amines is 1. The maximum Gasteiger partial charge on any atom is 0.310 e. The standard InChI is InChI=1S/C15H19NO3/c1-4-13-12(9-15(17)19-5-2)11-8-10(18-3)6-7-14(11)16-13/h6-8,16H,4-5,9H2,1-3H3. The van der Waals surface area contributed by atoms with Crippen LogP contribution in [0.2, 0.25) is 0 Å².